The maximum absolute atomic E-state index is 11.4. The van der Waals surface area contributed by atoms with Crippen molar-refractivity contribution in [2.24, 2.45) is 11.8 Å². The fourth-order valence-electron chi connectivity index (χ4n) is 0.963. The molecule has 0 saturated heterocycles. The molecule has 0 aromatic rings. The van der Waals surface area contributed by atoms with Crippen LogP contribution >= 0.6 is 0 Å². The molecule has 0 aliphatic heterocycles. The summed E-state index contributed by atoms with van der Waals surface area (Å²) in [6.07, 6.45) is 5.16. The van der Waals surface area contributed by atoms with Gasteiger partial charge in [-0.2, -0.15) is 0 Å². The standard InChI is InChI=1S/C10H14O3/c1-5-6-8(10(12)13-4)9(11)7(2)3/h1,7-8H,6H2,2-4H3. The van der Waals surface area contributed by atoms with E-state index in [0.29, 0.717) is 0 Å². The molecular formula is C10H14O3. The number of hydrogen-bond donors (Lipinski definition) is 0. The van der Waals surface area contributed by atoms with Crippen molar-refractivity contribution in [3.8, 4) is 12.3 Å². The molecule has 3 heteroatoms. The molecule has 0 aliphatic rings. The molecule has 0 heterocycles. The van der Waals surface area contributed by atoms with Gasteiger partial charge in [0.15, 0.2) is 5.78 Å². The lowest BCUT2D eigenvalue weighted by Gasteiger charge is -2.12. The van der Waals surface area contributed by atoms with Gasteiger partial charge in [0.25, 0.3) is 0 Å². The zero-order valence-electron chi connectivity index (χ0n) is 8.16. The average molecular weight is 182 g/mol. The summed E-state index contributed by atoms with van der Waals surface area (Å²) in [7, 11) is 1.25. The first-order valence-electron chi connectivity index (χ1n) is 4.09. The summed E-state index contributed by atoms with van der Waals surface area (Å²) in [4.78, 5) is 22.5. The average Bonchev–Trinajstić information content (AvgIpc) is 2.11. The summed E-state index contributed by atoms with van der Waals surface area (Å²) in [5, 5.41) is 0. The second kappa shape index (κ2) is 5.36. The van der Waals surface area contributed by atoms with Crippen LogP contribution in [0.3, 0.4) is 0 Å². The van der Waals surface area contributed by atoms with Gasteiger partial charge in [-0.25, -0.2) is 0 Å². The lowest BCUT2D eigenvalue weighted by Crippen LogP contribution is -2.28. The highest BCUT2D eigenvalue weighted by Crippen LogP contribution is 2.12. The highest BCUT2D eigenvalue weighted by atomic mass is 16.5. The van der Waals surface area contributed by atoms with E-state index >= 15 is 0 Å². The SMILES string of the molecule is C#CCC(C(=O)OC)C(=O)C(C)C. The molecule has 1 atom stereocenters. The van der Waals surface area contributed by atoms with Gasteiger partial charge in [0, 0.05) is 12.3 Å². The number of carbonyl (C=O) groups excluding carboxylic acids is 2. The van der Waals surface area contributed by atoms with Gasteiger partial charge >= 0.3 is 5.97 Å². The van der Waals surface area contributed by atoms with Gasteiger partial charge in [0.2, 0.25) is 0 Å². The summed E-state index contributed by atoms with van der Waals surface area (Å²) in [5.74, 6) is 0.597. The van der Waals surface area contributed by atoms with Crippen molar-refractivity contribution in [2.75, 3.05) is 7.11 Å². The highest BCUT2D eigenvalue weighted by molar-refractivity contribution is 6.00. The molecule has 0 saturated carbocycles. The van der Waals surface area contributed by atoms with E-state index in [2.05, 4.69) is 10.7 Å². The number of hydrogen-bond acceptors (Lipinski definition) is 3. The number of methoxy groups -OCH3 is 1. The Kier molecular flexibility index (Phi) is 4.83. The molecule has 1 unspecified atom stereocenters. The van der Waals surface area contributed by atoms with Gasteiger partial charge in [0.05, 0.1) is 7.11 Å². The third-order valence-electron chi connectivity index (χ3n) is 1.72. The van der Waals surface area contributed by atoms with E-state index in [0.717, 1.165) is 0 Å². The molecule has 3 nitrogen and oxygen atoms in total. The van der Waals surface area contributed by atoms with Crippen molar-refractivity contribution in [3.63, 3.8) is 0 Å². The van der Waals surface area contributed by atoms with Crippen molar-refractivity contribution < 1.29 is 14.3 Å². The minimum atomic E-state index is -0.796. The maximum Gasteiger partial charge on any atom is 0.317 e. The van der Waals surface area contributed by atoms with Crippen LogP contribution < -0.4 is 0 Å². The van der Waals surface area contributed by atoms with E-state index in [9.17, 15) is 9.59 Å². The van der Waals surface area contributed by atoms with E-state index in [1.165, 1.54) is 7.11 Å². The summed E-state index contributed by atoms with van der Waals surface area (Å²) in [6.45, 7) is 3.46. The van der Waals surface area contributed by atoms with Crippen LogP contribution in [0, 0.1) is 24.2 Å². The Bertz CT molecular complexity index is 235. The maximum atomic E-state index is 11.4. The first-order valence-corrected chi connectivity index (χ1v) is 4.09. The van der Waals surface area contributed by atoms with Gasteiger partial charge < -0.3 is 4.74 Å². The molecule has 0 amide bonds. The molecule has 0 aromatic carbocycles. The third-order valence-corrected chi connectivity index (χ3v) is 1.72. The van der Waals surface area contributed by atoms with Gasteiger partial charge in [-0.05, 0) is 0 Å². The lowest BCUT2D eigenvalue weighted by atomic mass is 9.93. The van der Waals surface area contributed by atoms with Gasteiger partial charge in [-0.15, -0.1) is 12.3 Å². The number of ketones is 1. The molecule has 0 fully saturated rings. The van der Waals surface area contributed by atoms with E-state index in [1.807, 2.05) is 0 Å². The fourth-order valence-corrected chi connectivity index (χ4v) is 0.963. The molecule has 0 aliphatic carbocycles. The quantitative estimate of drug-likeness (QED) is 0.370. The van der Waals surface area contributed by atoms with Crippen molar-refractivity contribution >= 4 is 11.8 Å². The van der Waals surface area contributed by atoms with Crippen LogP contribution in [0.15, 0.2) is 0 Å². The molecule has 0 rings (SSSR count). The molecule has 0 bridgehead atoms. The Morgan fingerprint density at radius 1 is 1.46 bits per heavy atom. The number of esters is 1. The monoisotopic (exact) mass is 182 g/mol. The summed E-state index contributed by atoms with van der Waals surface area (Å²) < 4.78 is 4.48. The van der Waals surface area contributed by atoms with Crippen molar-refractivity contribution in [1.29, 1.82) is 0 Å². The minimum absolute atomic E-state index is 0.115. The Morgan fingerprint density at radius 2 is 2.00 bits per heavy atom. The Hall–Kier alpha value is -1.30. The van der Waals surface area contributed by atoms with E-state index in [4.69, 9.17) is 6.42 Å². The van der Waals surface area contributed by atoms with Crippen LogP contribution in [0.1, 0.15) is 20.3 Å². The fraction of sp³-hybridized carbons (Fsp3) is 0.600. The van der Waals surface area contributed by atoms with E-state index in [1.54, 1.807) is 13.8 Å². The zero-order chi connectivity index (χ0) is 10.4. The number of ether oxygens (including phenoxy) is 1. The summed E-state index contributed by atoms with van der Waals surface area (Å²) in [5.41, 5.74) is 0. The number of rotatable bonds is 4. The number of Topliss-reactive ketones (excluding diaryl/α,β-unsaturated/α-hetero) is 1. The highest BCUT2D eigenvalue weighted by Gasteiger charge is 2.28. The lowest BCUT2D eigenvalue weighted by molar-refractivity contribution is -0.150. The first kappa shape index (κ1) is 11.7. The van der Waals surface area contributed by atoms with Crippen molar-refractivity contribution in [3.05, 3.63) is 0 Å². The van der Waals surface area contributed by atoms with Crippen LogP contribution in [0.4, 0.5) is 0 Å². The molecule has 0 N–H and O–H groups in total. The first-order chi connectivity index (χ1) is 6.04. The topological polar surface area (TPSA) is 43.4 Å². The molecule has 72 valence electrons. The zero-order valence-corrected chi connectivity index (χ0v) is 8.16. The van der Waals surface area contributed by atoms with Gasteiger partial charge in [-0.1, -0.05) is 13.8 Å². The normalized spacial score (nSPS) is 11.9. The Labute approximate surface area is 78.5 Å². The largest absolute Gasteiger partial charge is 0.468 e. The molecule has 0 radical (unpaired) electrons. The molecular weight excluding hydrogens is 168 g/mol. The van der Waals surface area contributed by atoms with Crippen LogP contribution in [-0.4, -0.2) is 18.9 Å². The van der Waals surface area contributed by atoms with Gasteiger partial charge in [-0.3, -0.25) is 9.59 Å². The van der Waals surface area contributed by atoms with Gasteiger partial charge in [0.1, 0.15) is 5.92 Å². The smallest absolute Gasteiger partial charge is 0.317 e. The Balaban J connectivity index is 4.52. The van der Waals surface area contributed by atoms with Crippen LogP contribution in [0.5, 0.6) is 0 Å². The van der Waals surface area contributed by atoms with Crippen LogP contribution in [-0.2, 0) is 14.3 Å². The summed E-state index contributed by atoms with van der Waals surface area (Å²) in [6, 6.07) is 0. The van der Waals surface area contributed by atoms with Crippen LogP contribution in [0.25, 0.3) is 0 Å². The third kappa shape index (κ3) is 3.29. The second-order valence-electron chi connectivity index (χ2n) is 3.04. The predicted molar refractivity (Wildman–Crippen MR) is 48.8 cm³/mol. The predicted octanol–water partition coefficient (Wildman–Crippen LogP) is 1.02. The molecule has 0 aromatic heterocycles. The molecule has 0 spiro atoms. The Morgan fingerprint density at radius 3 is 2.31 bits per heavy atom. The minimum Gasteiger partial charge on any atom is -0.468 e. The number of terminal acetylenes is 1. The van der Waals surface area contributed by atoms with Crippen molar-refractivity contribution in [1.82, 2.24) is 0 Å². The van der Waals surface area contributed by atoms with E-state index in [-0.39, 0.29) is 18.1 Å². The second-order valence-corrected chi connectivity index (χ2v) is 3.04. The molecule has 13 heavy (non-hydrogen) atoms. The number of carbonyl (C=O) groups is 2. The summed E-state index contributed by atoms with van der Waals surface area (Å²) >= 11 is 0. The van der Waals surface area contributed by atoms with E-state index < -0.39 is 11.9 Å². The van der Waals surface area contributed by atoms with Crippen molar-refractivity contribution in [2.45, 2.75) is 20.3 Å². The van der Waals surface area contributed by atoms with Crippen LogP contribution in [0.2, 0.25) is 0 Å².